The van der Waals surface area contributed by atoms with Gasteiger partial charge in [0.15, 0.2) is 5.65 Å². The molecule has 4 aromatic heterocycles. The molecule has 52 heavy (non-hydrogen) atoms. The third kappa shape index (κ3) is 6.22. The molecule has 0 aliphatic carbocycles. The third-order valence-corrected chi connectivity index (χ3v) is 10.3. The molecule has 4 heterocycles. The minimum Gasteiger partial charge on any atom is -0.332 e. The van der Waals surface area contributed by atoms with Crippen LogP contribution in [0.25, 0.3) is 81.7 Å². The molecule has 1 radical (unpaired) electrons. The van der Waals surface area contributed by atoms with Crippen LogP contribution in [-0.2, 0) is 20.1 Å². The fourth-order valence-electron chi connectivity index (χ4n) is 6.65. The second kappa shape index (κ2) is 14.5. The van der Waals surface area contributed by atoms with E-state index in [2.05, 4.69) is 126 Å². The number of rotatable bonds is 4. The Morgan fingerprint density at radius 2 is 1.44 bits per heavy atom. The first kappa shape index (κ1) is 33.4. The molecule has 10 rings (SSSR count). The van der Waals surface area contributed by atoms with Crippen LogP contribution in [0.15, 0.2) is 164 Å². The maximum Gasteiger partial charge on any atom is 0.168 e. The summed E-state index contributed by atoms with van der Waals surface area (Å²) in [6.45, 7) is 2.17. The minimum absolute atomic E-state index is 0. The van der Waals surface area contributed by atoms with Crippen molar-refractivity contribution in [2.24, 2.45) is 0 Å². The second-order valence-electron chi connectivity index (χ2n) is 12.4. The number of benzene rings is 6. The molecule has 0 atom stereocenters. The van der Waals surface area contributed by atoms with Crippen LogP contribution in [-0.4, -0.2) is 19.5 Å². The molecule has 0 aliphatic rings. The van der Waals surface area contributed by atoms with Crippen molar-refractivity contribution in [1.82, 2.24) is 19.5 Å². The predicted octanol–water partition coefficient (Wildman–Crippen LogP) is 11.9. The normalized spacial score (nSPS) is 11.0. The number of imidazole rings is 1. The Bertz CT molecular complexity index is 2760. The number of thiophene rings is 1. The van der Waals surface area contributed by atoms with E-state index < -0.39 is 0 Å². The first-order chi connectivity index (χ1) is 25.2. The van der Waals surface area contributed by atoms with E-state index >= 15 is 0 Å². The van der Waals surface area contributed by atoms with Crippen molar-refractivity contribution in [3.8, 4) is 39.5 Å². The summed E-state index contributed by atoms with van der Waals surface area (Å²) in [5.41, 5.74) is 10.4. The Balaban J connectivity index is 0.000000253. The second-order valence-corrected chi connectivity index (χ2v) is 13.4. The molecule has 251 valence electrons. The van der Waals surface area contributed by atoms with E-state index in [4.69, 9.17) is 9.97 Å². The first-order valence-corrected chi connectivity index (χ1v) is 17.7. The van der Waals surface area contributed by atoms with Crippen LogP contribution in [0.1, 0.15) is 5.56 Å². The molecular formula is C46H30IrN4S-2. The van der Waals surface area contributed by atoms with Crippen LogP contribution in [0.3, 0.4) is 0 Å². The maximum atomic E-state index is 5.15. The van der Waals surface area contributed by atoms with E-state index in [0.29, 0.717) is 0 Å². The van der Waals surface area contributed by atoms with Gasteiger partial charge in [-0.3, -0.25) is 4.98 Å². The standard InChI is InChI=1S/C35H22N3S.C11H8N.Ir/c1-22-16-18-28(33-32(22)27-19-17-24(21-31(27)39-33)23-10-4-2-5-11-23)35-37-34-30(38(35)26-13-6-3-7-14-26)20-25-12-8-9-15-29(25)36-34;1-2-6-10(7-3-1)11-8-4-5-9-12-11;/h2-17,19-21H,1H3;1-6,8-9H;/q2*-1;. The summed E-state index contributed by atoms with van der Waals surface area (Å²) in [6.07, 6.45) is 1.79. The summed E-state index contributed by atoms with van der Waals surface area (Å²) in [7, 11) is 0. The Kier molecular flexibility index (Phi) is 9.27. The van der Waals surface area contributed by atoms with Crippen molar-refractivity contribution in [2.75, 3.05) is 0 Å². The van der Waals surface area contributed by atoms with E-state index in [0.717, 1.165) is 50.4 Å². The minimum atomic E-state index is 0. The molecule has 0 bridgehead atoms. The van der Waals surface area contributed by atoms with Crippen molar-refractivity contribution in [2.45, 2.75) is 6.92 Å². The monoisotopic (exact) mass is 863 g/mol. The van der Waals surface area contributed by atoms with Gasteiger partial charge in [-0.2, -0.15) is 11.3 Å². The molecule has 0 aliphatic heterocycles. The van der Waals surface area contributed by atoms with Crippen LogP contribution in [0.5, 0.6) is 0 Å². The molecule has 0 fully saturated rings. The Hall–Kier alpha value is -5.78. The van der Waals surface area contributed by atoms with Gasteiger partial charge in [-0.1, -0.05) is 109 Å². The van der Waals surface area contributed by atoms with Crippen LogP contribution in [0, 0.1) is 19.1 Å². The number of hydrogen-bond acceptors (Lipinski definition) is 4. The number of hydrogen-bond donors (Lipinski definition) is 0. The SMILES string of the molecule is Cc1c[c-]c(-c2nc3nc4ccccc4cc3n2-c2ccccc2)c2sc3cc(-c4ccccc4)ccc3c12.[Ir].[c-]1ccccc1-c1ccccn1. The van der Waals surface area contributed by atoms with Crippen molar-refractivity contribution in [1.29, 1.82) is 0 Å². The summed E-state index contributed by atoms with van der Waals surface area (Å²) < 4.78 is 4.70. The van der Waals surface area contributed by atoms with Gasteiger partial charge in [0.1, 0.15) is 0 Å². The topological polar surface area (TPSA) is 43.6 Å². The predicted molar refractivity (Wildman–Crippen MR) is 212 cm³/mol. The van der Waals surface area contributed by atoms with E-state index in [-0.39, 0.29) is 20.1 Å². The maximum absolute atomic E-state index is 5.15. The van der Waals surface area contributed by atoms with Gasteiger partial charge in [0.05, 0.1) is 16.9 Å². The number of para-hydroxylation sites is 2. The fraction of sp³-hybridized carbons (Fsp3) is 0.0217. The molecule has 4 nitrogen and oxygen atoms in total. The quantitative estimate of drug-likeness (QED) is 0.166. The van der Waals surface area contributed by atoms with Crippen LogP contribution >= 0.6 is 11.3 Å². The average Bonchev–Trinajstić information content (AvgIpc) is 3.77. The number of pyridine rings is 2. The molecule has 0 saturated carbocycles. The Morgan fingerprint density at radius 1 is 0.673 bits per heavy atom. The summed E-state index contributed by atoms with van der Waals surface area (Å²) >= 11 is 1.82. The third-order valence-electron chi connectivity index (χ3n) is 9.09. The molecule has 0 N–H and O–H groups in total. The van der Waals surface area contributed by atoms with Gasteiger partial charge in [0, 0.05) is 42.1 Å². The van der Waals surface area contributed by atoms with Gasteiger partial charge < -0.3 is 9.55 Å². The van der Waals surface area contributed by atoms with Crippen LogP contribution < -0.4 is 0 Å². The number of nitrogens with zero attached hydrogens (tertiary/aromatic N) is 4. The zero-order valence-corrected chi connectivity index (χ0v) is 31.3. The molecule has 0 unspecified atom stereocenters. The van der Waals surface area contributed by atoms with Crippen molar-refractivity contribution >= 4 is 53.6 Å². The Morgan fingerprint density at radius 3 is 2.23 bits per heavy atom. The number of aromatic nitrogens is 4. The summed E-state index contributed by atoms with van der Waals surface area (Å²) in [4.78, 5) is 14.3. The van der Waals surface area contributed by atoms with Crippen molar-refractivity contribution in [3.05, 3.63) is 182 Å². The molecule has 0 saturated heterocycles. The van der Waals surface area contributed by atoms with Gasteiger partial charge in [0.25, 0.3) is 0 Å². The van der Waals surface area contributed by atoms with Gasteiger partial charge in [-0.25, -0.2) is 4.98 Å². The average molecular weight is 863 g/mol. The zero-order valence-electron chi connectivity index (χ0n) is 28.1. The summed E-state index contributed by atoms with van der Waals surface area (Å²) in [5.74, 6) is 0.860. The van der Waals surface area contributed by atoms with E-state index in [1.165, 1.54) is 36.9 Å². The van der Waals surface area contributed by atoms with Gasteiger partial charge in [0.2, 0.25) is 0 Å². The molecule has 0 spiro atoms. The van der Waals surface area contributed by atoms with Gasteiger partial charge in [-0.05, 0) is 63.3 Å². The van der Waals surface area contributed by atoms with Crippen molar-refractivity contribution < 1.29 is 20.1 Å². The number of aryl methyl sites for hydroxylation is 1. The Labute approximate surface area is 319 Å². The van der Waals surface area contributed by atoms with Crippen molar-refractivity contribution in [3.63, 3.8) is 0 Å². The zero-order chi connectivity index (χ0) is 34.1. The van der Waals surface area contributed by atoms with E-state index in [1.807, 2.05) is 72.0 Å². The van der Waals surface area contributed by atoms with Gasteiger partial charge in [-0.15, -0.1) is 53.6 Å². The molecule has 6 aromatic carbocycles. The summed E-state index contributed by atoms with van der Waals surface area (Å²) in [5, 5.41) is 3.64. The molecule has 10 aromatic rings. The summed E-state index contributed by atoms with van der Waals surface area (Å²) in [6, 6.07) is 60.8. The van der Waals surface area contributed by atoms with E-state index in [9.17, 15) is 0 Å². The smallest absolute Gasteiger partial charge is 0.168 e. The molecule has 6 heteroatoms. The molecule has 0 amide bonds. The first-order valence-electron chi connectivity index (χ1n) is 16.9. The van der Waals surface area contributed by atoms with Gasteiger partial charge >= 0.3 is 0 Å². The van der Waals surface area contributed by atoms with Crippen LogP contribution in [0.2, 0.25) is 0 Å². The van der Waals surface area contributed by atoms with Crippen LogP contribution in [0.4, 0.5) is 0 Å². The largest absolute Gasteiger partial charge is 0.332 e. The van der Waals surface area contributed by atoms with E-state index in [1.54, 1.807) is 6.20 Å². The molecular weight excluding hydrogens is 833 g/mol. The fourth-order valence-corrected chi connectivity index (χ4v) is 7.96. The number of fused-ring (bicyclic) bond motifs is 5.